The third kappa shape index (κ3) is 5.25. The first-order valence-corrected chi connectivity index (χ1v) is 7.99. The molecule has 1 saturated heterocycles. The average Bonchev–Trinajstić information content (AvgIpc) is 2.55. The van der Waals surface area contributed by atoms with Gasteiger partial charge in [0.05, 0.1) is 0 Å². The molecule has 0 aromatic heterocycles. The molecule has 126 valence electrons. The maximum atomic E-state index is 11.9. The van der Waals surface area contributed by atoms with E-state index in [1.807, 2.05) is 12.1 Å². The second-order valence-electron chi connectivity index (χ2n) is 6.30. The zero-order valence-corrected chi connectivity index (χ0v) is 14.1. The van der Waals surface area contributed by atoms with E-state index in [0.717, 1.165) is 31.5 Å². The third-order valence-corrected chi connectivity index (χ3v) is 4.11. The number of nitrogens with one attached hydrogen (secondary N) is 2. The van der Waals surface area contributed by atoms with Crippen molar-refractivity contribution in [3.8, 4) is 0 Å². The molecule has 1 fully saturated rings. The highest BCUT2D eigenvalue weighted by Crippen LogP contribution is 2.08. The van der Waals surface area contributed by atoms with Crippen LogP contribution in [0.1, 0.15) is 28.8 Å². The van der Waals surface area contributed by atoms with Crippen LogP contribution in [-0.4, -0.2) is 62.0 Å². The number of rotatable bonds is 4. The topological polar surface area (TPSA) is 64.7 Å². The molecule has 0 unspecified atom stereocenters. The zero-order valence-electron chi connectivity index (χ0n) is 14.1. The predicted octanol–water partition coefficient (Wildman–Crippen LogP) is 1.28. The third-order valence-electron chi connectivity index (χ3n) is 4.11. The number of hydrogen-bond donors (Lipinski definition) is 2. The number of urea groups is 1. The lowest BCUT2D eigenvalue weighted by molar-refractivity contribution is 0.0827. The molecule has 1 aliphatic rings. The summed E-state index contributed by atoms with van der Waals surface area (Å²) in [6.45, 7) is 2.49. The van der Waals surface area contributed by atoms with Crippen molar-refractivity contribution in [3.05, 3.63) is 35.4 Å². The summed E-state index contributed by atoms with van der Waals surface area (Å²) in [4.78, 5) is 27.6. The van der Waals surface area contributed by atoms with Gasteiger partial charge in [-0.1, -0.05) is 12.1 Å². The Hall–Kier alpha value is -2.08. The number of carbonyl (C=O) groups is 2. The van der Waals surface area contributed by atoms with Gasteiger partial charge in [-0.25, -0.2) is 4.79 Å². The molecule has 0 spiro atoms. The zero-order chi connectivity index (χ0) is 16.8. The molecule has 1 aromatic carbocycles. The molecule has 6 nitrogen and oxygen atoms in total. The Morgan fingerprint density at radius 2 is 1.78 bits per heavy atom. The largest absolute Gasteiger partial charge is 0.345 e. The standard InChI is InChI=1S/C17H26N4O2/c1-20(2)16(22)14-6-4-13(5-7-14)12-18-17(23)19-15-8-10-21(3)11-9-15/h4-7,15H,8-12H2,1-3H3,(H2,18,19,23). The predicted molar refractivity (Wildman–Crippen MR) is 90.3 cm³/mol. The summed E-state index contributed by atoms with van der Waals surface area (Å²) >= 11 is 0. The Kier molecular flexibility index (Phi) is 5.98. The summed E-state index contributed by atoms with van der Waals surface area (Å²) in [5.41, 5.74) is 1.62. The van der Waals surface area contributed by atoms with Crippen LogP contribution >= 0.6 is 0 Å². The molecule has 1 aromatic rings. The number of hydrogen-bond acceptors (Lipinski definition) is 3. The van der Waals surface area contributed by atoms with Crippen LogP contribution in [0, 0.1) is 0 Å². The van der Waals surface area contributed by atoms with Crippen LogP contribution in [0.3, 0.4) is 0 Å². The Morgan fingerprint density at radius 1 is 1.17 bits per heavy atom. The summed E-state index contributed by atoms with van der Waals surface area (Å²) in [6.07, 6.45) is 1.98. The first-order chi connectivity index (χ1) is 11.0. The van der Waals surface area contributed by atoms with E-state index in [1.165, 1.54) is 0 Å². The van der Waals surface area contributed by atoms with E-state index in [9.17, 15) is 9.59 Å². The fraction of sp³-hybridized carbons (Fsp3) is 0.529. The first kappa shape index (κ1) is 17.3. The van der Waals surface area contributed by atoms with E-state index in [1.54, 1.807) is 31.1 Å². The highest BCUT2D eigenvalue weighted by atomic mass is 16.2. The Labute approximate surface area is 137 Å². The molecule has 1 heterocycles. The van der Waals surface area contributed by atoms with Crippen LogP contribution in [0.15, 0.2) is 24.3 Å². The first-order valence-electron chi connectivity index (χ1n) is 7.99. The molecule has 2 N–H and O–H groups in total. The van der Waals surface area contributed by atoms with E-state index in [4.69, 9.17) is 0 Å². The van der Waals surface area contributed by atoms with Crippen molar-refractivity contribution in [2.45, 2.75) is 25.4 Å². The minimum atomic E-state index is -0.131. The fourth-order valence-electron chi connectivity index (χ4n) is 2.60. The van der Waals surface area contributed by atoms with Crippen LogP contribution in [0.25, 0.3) is 0 Å². The lowest BCUT2D eigenvalue weighted by Crippen LogP contribution is -2.46. The second-order valence-corrected chi connectivity index (χ2v) is 6.30. The summed E-state index contributed by atoms with van der Waals surface area (Å²) in [6, 6.07) is 7.43. The summed E-state index contributed by atoms with van der Waals surface area (Å²) in [7, 11) is 5.55. The molecule has 1 aliphatic heterocycles. The van der Waals surface area contributed by atoms with Gasteiger partial charge in [-0.2, -0.15) is 0 Å². The molecule has 0 radical (unpaired) electrons. The number of nitrogens with zero attached hydrogens (tertiary/aromatic N) is 2. The van der Waals surface area contributed by atoms with Gasteiger partial charge in [0.15, 0.2) is 0 Å². The van der Waals surface area contributed by atoms with Crippen molar-refractivity contribution in [3.63, 3.8) is 0 Å². The van der Waals surface area contributed by atoms with E-state index >= 15 is 0 Å². The van der Waals surface area contributed by atoms with Crippen LogP contribution < -0.4 is 10.6 Å². The van der Waals surface area contributed by atoms with Crippen LogP contribution in [0.2, 0.25) is 0 Å². The van der Waals surface area contributed by atoms with E-state index < -0.39 is 0 Å². The van der Waals surface area contributed by atoms with Crippen LogP contribution in [-0.2, 0) is 6.54 Å². The van der Waals surface area contributed by atoms with Gasteiger partial charge >= 0.3 is 6.03 Å². The highest BCUT2D eigenvalue weighted by Gasteiger charge is 2.18. The van der Waals surface area contributed by atoms with Gasteiger partial charge in [0, 0.05) is 32.2 Å². The van der Waals surface area contributed by atoms with Crippen molar-refractivity contribution in [2.24, 2.45) is 0 Å². The van der Waals surface area contributed by atoms with E-state index in [0.29, 0.717) is 12.1 Å². The molecule has 2 rings (SSSR count). The maximum Gasteiger partial charge on any atom is 0.315 e. The summed E-state index contributed by atoms with van der Waals surface area (Å²) in [5, 5.41) is 5.89. The number of carbonyl (C=O) groups excluding carboxylic acids is 2. The SMILES string of the molecule is CN1CCC(NC(=O)NCc2ccc(C(=O)N(C)C)cc2)CC1. The van der Waals surface area contributed by atoms with Gasteiger partial charge in [-0.3, -0.25) is 4.79 Å². The number of amides is 3. The monoisotopic (exact) mass is 318 g/mol. The quantitative estimate of drug-likeness (QED) is 0.879. The molecule has 23 heavy (non-hydrogen) atoms. The Bertz CT molecular complexity index is 534. The van der Waals surface area contributed by atoms with Crippen LogP contribution in [0.4, 0.5) is 4.79 Å². The van der Waals surface area contributed by atoms with Gasteiger partial charge in [-0.05, 0) is 50.7 Å². The lowest BCUT2D eigenvalue weighted by atomic mass is 10.1. The molecule has 0 bridgehead atoms. The van der Waals surface area contributed by atoms with Gasteiger partial charge < -0.3 is 20.4 Å². The molecule has 0 aliphatic carbocycles. The molecule has 0 saturated carbocycles. The number of likely N-dealkylation sites (tertiary alicyclic amines) is 1. The van der Waals surface area contributed by atoms with Crippen molar-refractivity contribution in [1.82, 2.24) is 20.4 Å². The number of piperidine rings is 1. The van der Waals surface area contributed by atoms with Gasteiger partial charge in [0.25, 0.3) is 5.91 Å². The summed E-state index contributed by atoms with van der Waals surface area (Å²) in [5.74, 6) is -0.0236. The molecule has 3 amide bonds. The second kappa shape index (κ2) is 7.97. The number of benzene rings is 1. The normalized spacial score (nSPS) is 16.0. The van der Waals surface area contributed by atoms with Crippen molar-refractivity contribution < 1.29 is 9.59 Å². The average molecular weight is 318 g/mol. The maximum absolute atomic E-state index is 11.9. The molecule has 6 heteroatoms. The van der Waals surface area contributed by atoms with Gasteiger partial charge in [-0.15, -0.1) is 0 Å². The van der Waals surface area contributed by atoms with E-state index in [-0.39, 0.29) is 18.0 Å². The van der Waals surface area contributed by atoms with Crippen molar-refractivity contribution >= 4 is 11.9 Å². The fourth-order valence-corrected chi connectivity index (χ4v) is 2.60. The molecular formula is C17H26N4O2. The van der Waals surface area contributed by atoms with Gasteiger partial charge in [0.2, 0.25) is 0 Å². The molecule has 0 atom stereocenters. The highest BCUT2D eigenvalue weighted by molar-refractivity contribution is 5.93. The Morgan fingerprint density at radius 3 is 2.35 bits per heavy atom. The van der Waals surface area contributed by atoms with Crippen molar-refractivity contribution in [1.29, 1.82) is 0 Å². The minimum absolute atomic E-state index is 0.0236. The van der Waals surface area contributed by atoms with E-state index in [2.05, 4.69) is 22.6 Å². The van der Waals surface area contributed by atoms with Crippen molar-refractivity contribution in [2.75, 3.05) is 34.2 Å². The lowest BCUT2D eigenvalue weighted by Gasteiger charge is -2.29. The van der Waals surface area contributed by atoms with Gasteiger partial charge in [0.1, 0.15) is 0 Å². The molecular weight excluding hydrogens is 292 g/mol. The Balaban J connectivity index is 1.77. The summed E-state index contributed by atoms with van der Waals surface area (Å²) < 4.78 is 0. The smallest absolute Gasteiger partial charge is 0.315 e. The minimum Gasteiger partial charge on any atom is -0.345 e. The van der Waals surface area contributed by atoms with Crippen LogP contribution in [0.5, 0.6) is 0 Å².